The summed E-state index contributed by atoms with van der Waals surface area (Å²) < 4.78 is 19.0. The van der Waals surface area contributed by atoms with Gasteiger partial charge in [-0.25, -0.2) is 9.37 Å². The molecular formula is C22H22FN7O. The van der Waals surface area contributed by atoms with Gasteiger partial charge in [0.15, 0.2) is 17.0 Å². The van der Waals surface area contributed by atoms with E-state index in [0.29, 0.717) is 42.0 Å². The maximum absolute atomic E-state index is 13.5. The smallest absolute Gasteiger partial charge is 0.231 e. The van der Waals surface area contributed by atoms with Crippen LogP contribution in [-0.2, 0) is 4.74 Å². The Labute approximate surface area is 178 Å². The summed E-state index contributed by atoms with van der Waals surface area (Å²) in [5, 5.41) is 6.39. The van der Waals surface area contributed by atoms with Gasteiger partial charge >= 0.3 is 0 Å². The van der Waals surface area contributed by atoms with Gasteiger partial charge in [-0.2, -0.15) is 9.97 Å². The summed E-state index contributed by atoms with van der Waals surface area (Å²) in [6.45, 7) is 4.73. The fourth-order valence-corrected chi connectivity index (χ4v) is 3.55. The highest BCUT2D eigenvalue weighted by atomic mass is 19.1. The Kier molecular flexibility index (Phi) is 5.09. The van der Waals surface area contributed by atoms with Crippen LogP contribution in [0.25, 0.3) is 11.2 Å². The first-order chi connectivity index (χ1) is 15.1. The minimum atomic E-state index is -0.320. The lowest BCUT2D eigenvalue weighted by Crippen LogP contribution is -2.37. The van der Waals surface area contributed by atoms with Gasteiger partial charge in [-0.3, -0.25) is 0 Å². The van der Waals surface area contributed by atoms with Crippen molar-refractivity contribution in [3.05, 3.63) is 59.9 Å². The third kappa shape index (κ3) is 4.26. The predicted molar refractivity (Wildman–Crippen MR) is 119 cm³/mol. The lowest BCUT2D eigenvalue weighted by atomic mass is 10.2. The number of H-pyrrole nitrogens is 1. The molecule has 158 valence electrons. The van der Waals surface area contributed by atoms with Crippen molar-refractivity contribution in [3.63, 3.8) is 0 Å². The van der Waals surface area contributed by atoms with Crippen molar-refractivity contribution in [2.24, 2.45) is 0 Å². The molecule has 0 aliphatic carbocycles. The first-order valence-corrected chi connectivity index (χ1v) is 10.1. The predicted octanol–water partition coefficient (Wildman–Crippen LogP) is 4.12. The fraction of sp³-hybridized carbons (Fsp3) is 0.227. The van der Waals surface area contributed by atoms with Crippen LogP contribution in [0.4, 0.5) is 33.5 Å². The van der Waals surface area contributed by atoms with Gasteiger partial charge in [-0.15, -0.1) is 0 Å². The average Bonchev–Trinajstić information content (AvgIpc) is 3.16. The second kappa shape index (κ2) is 8.19. The number of aryl methyl sites for hydroxylation is 1. The van der Waals surface area contributed by atoms with Crippen molar-refractivity contribution >= 4 is 40.3 Å². The van der Waals surface area contributed by atoms with Gasteiger partial charge in [0.2, 0.25) is 11.9 Å². The maximum Gasteiger partial charge on any atom is 0.231 e. The number of halogens is 1. The zero-order valence-corrected chi connectivity index (χ0v) is 17.0. The van der Waals surface area contributed by atoms with Crippen molar-refractivity contribution in [1.82, 2.24) is 19.9 Å². The molecule has 0 spiro atoms. The lowest BCUT2D eigenvalue weighted by Gasteiger charge is -2.28. The number of nitrogens with one attached hydrogen (secondary N) is 3. The number of aromatic amines is 1. The van der Waals surface area contributed by atoms with E-state index in [0.717, 1.165) is 30.2 Å². The standard InChI is InChI=1S/C22H22FN7O/c1-14-4-2-6-16(12-14)24-22-28-19-18(20(29-22)30-8-10-31-11-9-30)26-21(27-19)25-17-7-3-5-15(23)13-17/h2-7,12-13H,8-11H2,1H3,(H3,24,25,26,27,28,29). The number of fused-ring (bicyclic) bond motifs is 1. The number of benzene rings is 2. The molecule has 5 rings (SSSR count). The molecule has 3 heterocycles. The summed E-state index contributed by atoms with van der Waals surface area (Å²) in [6, 6.07) is 14.2. The van der Waals surface area contributed by atoms with E-state index in [1.165, 1.54) is 12.1 Å². The van der Waals surface area contributed by atoms with Gasteiger partial charge in [-0.1, -0.05) is 18.2 Å². The molecule has 0 atom stereocenters. The number of morpholine rings is 1. The van der Waals surface area contributed by atoms with Crippen LogP contribution in [0.3, 0.4) is 0 Å². The van der Waals surface area contributed by atoms with Gasteiger partial charge in [0.1, 0.15) is 5.82 Å². The number of imidazole rings is 1. The van der Waals surface area contributed by atoms with Crippen LogP contribution in [0.2, 0.25) is 0 Å². The van der Waals surface area contributed by atoms with E-state index in [1.807, 2.05) is 31.2 Å². The van der Waals surface area contributed by atoms with Crippen LogP contribution in [0.1, 0.15) is 5.56 Å². The molecule has 1 saturated heterocycles. The summed E-state index contributed by atoms with van der Waals surface area (Å²) in [5.74, 6) is 1.35. The second-order valence-corrected chi connectivity index (χ2v) is 7.38. The molecule has 2 aromatic carbocycles. The molecule has 4 aromatic rings. The van der Waals surface area contributed by atoms with Crippen LogP contribution in [0.5, 0.6) is 0 Å². The van der Waals surface area contributed by atoms with Crippen molar-refractivity contribution < 1.29 is 9.13 Å². The van der Waals surface area contributed by atoms with E-state index >= 15 is 0 Å². The van der Waals surface area contributed by atoms with Crippen molar-refractivity contribution in [1.29, 1.82) is 0 Å². The molecule has 9 heteroatoms. The van der Waals surface area contributed by atoms with E-state index < -0.39 is 0 Å². The monoisotopic (exact) mass is 419 g/mol. The van der Waals surface area contributed by atoms with Gasteiger partial charge in [0, 0.05) is 24.5 Å². The van der Waals surface area contributed by atoms with Gasteiger partial charge < -0.3 is 25.3 Å². The molecule has 0 amide bonds. The van der Waals surface area contributed by atoms with Gasteiger partial charge in [-0.05, 0) is 42.8 Å². The zero-order valence-electron chi connectivity index (χ0n) is 17.0. The number of aromatic nitrogens is 4. The quantitative estimate of drug-likeness (QED) is 0.448. The Balaban J connectivity index is 1.53. The third-order valence-electron chi connectivity index (χ3n) is 5.00. The number of ether oxygens (including phenoxy) is 1. The topological polar surface area (TPSA) is 91.0 Å². The highest BCUT2D eigenvalue weighted by Crippen LogP contribution is 2.28. The fourth-order valence-electron chi connectivity index (χ4n) is 3.55. The average molecular weight is 419 g/mol. The lowest BCUT2D eigenvalue weighted by molar-refractivity contribution is 0.122. The molecule has 0 unspecified atom stereocenters. The minimum absolute atomic E-state index is 0.320. The van der Waals surface area contributed by atoms with Gasteiger partial charge in [0.25, 0.3) is 0 Å². The van der Waals surface area contributed by atoms with E-state index in [9.17, 15) is 4.39 Å². The largest absolute Gasteiger partial charge is 0.378 e. The van der Waals surface area contributed by atoms with E-state index in [-0.39, 0.29) is 5.82 Å². The molecular weight excluding hydrogens is 397 g/mol. The molecule has 1 aliphatic rings. The summed E-state index contributed by atoms with van der Waals surface area (Å²) >= 11 is 0. The molecule has 0 saturated carbocycles. The Morgan fingerprint density at radius 3 is 2.52 bits per heavy atom. The van der Waals surface area contributed by atoms with Crippen LogP contribution in [0.15, 0.2) is 48.5 Å². The molecule has 2 aromatic heterocycles. The summed E-state index contributed by atoms with van der Waals surface area (Å²) in [6.07, 6.45) is 0. The SMILES string of the molecule is Cc1cccc(Nc2nc(N3CCOCC3)c3nc(Nc4cccc(F)c4)[nH]c3n2)c1. The maximum atomic E-state index is 13.5. The van der Waals surface area contributed by atoms with Crippen LogP contribution in [0, 0.1) is 12.7 Å². The zero-order chi connectivity index (χ0) is 21.2. The third-order valence-corrected chi connectivity index (χ3v) is 5.00. The van der Waals surface area contributed by atoms with Crippen LogP contribution < -0.4 is 15.5 Å². The van der Waals surface area contributed by atoms with Crippen LogP contribution >= 0.6 is 0 Å². The van der Waals surface area contributed by atoms with E-state index in [1.54, 1.807) is 12.1 Å². The van der Waals surface area contributed by atoms with Crippen molar-refractivity contribution in [2.45, 2.75) is 6.92 Å². The normalized spacial score (nSPS) is 14.1. The molecule has 8 nitrogen and oxygen atoms in total. The Morgan fingerprint density at radius 1 is 0.968 bits per heavy atom. The Hall–Kier alpha value is -3.72. The number of hydrogen-bond donors (Lipinski definition) is 3. The van der Waals surface area contributed by atoms with Gasteiger partial charge in [0.05, 0.1) is 13.2 Å². The van der Waals surface area contributed by atoms with Crippen LogP contribution in [-0.4, -0.2) is 46.2 Å². The molecule has 1 fully saturated rings. The molecule has 1 aliphatic heterocycles. The first kappa shape index (κ1) is 19.3. The van der Waals surface area contributed by atoms with Crippen molar-refractivity contribution in [3.8, 4) is 0 Å². The molecule has 31 heavy (non-hydrogen) atoms. The summed E-state index contributed by atoms with van der Waals surface area (Å²) in [7, 11) is 0. The summed E-state index contributed by atoms with van der Waals surface area (Å²) in [5.41, 5.74) is 3.88. The number of anilines is 5. The number of nitrogens with zero attached hydrogens (tertiary/aromatic N) is 4. The molecule has 0 bridgehead atoms. The highest BCUT2D eigenvalue weighted by molar-refractivity contribution is 5.87. The summed E-state index contributed by atoms with van der Waals surface area (Å²) in [4.78, 5) is 19.4. The number of rotatable bonds is 5. The van der Waals surface area contributed by atoms with E-state index in [2.05, 4.69) is 30.5 Å². The molecule has 0 radical (unpaired) electrons. The first-order valence-electron chi connectivity index (χ1n) is 10.1. The highest BCUT2D eigenvalue weighted by Gasteiger charge is 2.20. The number of hydrogen-bond acceptors (Lipinski definition) is 7. The van der Waals surface area contributed by atoms with Crippen molar-refractivity contribution in [2.75, 3.05) is 41.8 Å². The minimum Gasteiger partial charge on any atom is -0.378 e. The Bertz CT molecular complexity index is 1220. The van der Waals surface area contributed by atoms with E-state index in [4.69, 9.17) is 9.72 Å². The second-order valence-electron chi connectivity index (χ2n) is 7.38. The Morgan fingerprint density at radius 2 is 1.74 bits per heavy atom. The molecule has 3 N–H and O–H groups in total.